The Kier molecular flexibility index (Phi) is 9.15. The highest BCUT2D eigenvalue weighted by Gasteiger charge is 2.17. The minimum absolute atomic E-state index is 0.307. The van der Waals surface area contributed by atoms with Crippen LogP contribution in [0.2, 0.25) is 0 Å². The molecule has 8 aromatic rings. The van der Waals surface area contributed by atoms with Crippen molar-refractivity contribution in [1.29, 1.82) is 0 Å². The lowest BCUT2D eigenvalue weighted by Crippen LogP contribution is -2.13. The van der Waals surface area contributed by atoms with Crippen LogP contribution in [-0.2, 0) is 0 Å². The van der Waals surface area contributed by atoms with Crippen molar-refractivity contribution in [3.05, 3.63) is 120 Å². The molecule has 240 valence electrons. The second-order valence-corrected chi connectivity index (χ2v) is 11.2. The predicted octanol–water partition coefficient (Wildman–Crippen LogP) is 6.60. The van der Waals surface area contributed by atoms with Crippen LogP contribution >= 0.6 is 15.9 Å². The van der Waals surface area contributed by atoms with Crippen molar-refractivity contribution in [3.63, 3.8) is 0 Å². The van der Waals surface area contributed by atoms with Crippen molar-refractivity contribution in [2.75, 3.05) is 0 Å². The first-order chi connectivity index (χ1) is 23.4. The molecule has 0 unspecified atom stereocenters. The van der Waals surface area contributed by atoms with Crippen molar-refractivity contribution in [2.24, 2.45) is 5.73 Å². The fourth-order valence-corrected chi connectivity index (χ4v) is 5.42. The average molecular weight is 709 g/mol. The van der Waals surface area contributed by atoms with Crippen molar-refractivity contribution < 1.29 is 24.4 Å². The maximum absolute atomic E-state index is 11.5. The number of carbonyl (C=O) groups excluding carboxylic acids is 1. The largest absolute Gasteiger partial charge is 0.364 e. The summed E-state index contributed by atoms with van der Waals surface area (Å²) in [6.07, 6.45) is 10.3. The lowest BCUT2D eigenvalue weighted by atomic mass is 10.1. The number of nitrogens with zero attached hydrogens (tertiary/aromatic N) is 8. The van der Waals surface area contributed by atoms with Gasteiger partial charge >= 0.3 is 0 Å². The summed E-state index contributed by atoms with van der Waals surface area (Å²) >= 11 is 3.48. The van der Waals surface area contributed by atoms with Crippen molar-refractivity contribution in [1.82, 2.24) is 39.1 Å². The lowest BCUT2D eigenvalue weighted by molar-refractivity contribution is -0.176. The molecule has 8 aromatic heterocycles. The number of pyridine rings is 4. The molecule has 0 spiro atoms. The Morgan fingerprint density at radius 1 is 0.708 bits per heavy atom. The topological polar surface area (TPSA) is 196 Å². The molecular weight excluding hydrogens is 682 g/mol. The summed E-state index contributed by atoms with van der Waals surface area (Å²) in [6.45, 7) is 3.89. The zero-order valence-corrected chi connectivity index (χ0v) is 27.0. The Hall–Kier alpha value is -6.03. The molecule has 0 saturated heterocycles. The number of imidazole rings is 2. The molecule has 0 saturated carbocycles. The number of halogens is 1. The maximum atomic E-state index is 11.5. The maximum Gasteiger partial charge on any atom is 0.267 e. The summed E-state index contributed by atoms with van der Waals surface area (Å²) in [5, 5.41) is 19.8. The van der Waals surface area contributed by atoms with Gasteiger partial charge < -0.3 is 14.8 Å². The summed E-state index contributed by atoms with van der Waals surface area (Å²) in [5.41, 5.74) is 14.0. The summed E-state index contributed by atoms with van der Waals surface area (Å²) in [5.74, 6) is 0.720. The zero-order chi connectivity index (χ0) is 33.8. The number of primary amides is 1. The number of aromatic nitrogens is 8. The number of rotatable bonds is 5. The summed E-state index contributed by atoms with van der Waals surface area (Å²) < 4.78 is 15.4. The average Bonchev–Trinajstić information content (AvgIpc) is 3.92. The van der Waals surface area contributed by atoms with Gasteiger partial charge in [-0.25, -0.2) is 9.97 Å². The Balaban J connectivity index is 0.000000160. The SMILES string of the molecule is Cc1cccc(-c2cnoc2-c2ccc3ncc(Br)n3c2)n1.Cc1cccc(-c2cnoc2-c2ccc3ncc(C(N)=O)n3c2)n1.OO. The van der Waals surface area contributed by atoms with E-state index < -0.39 is 5.91 Å². The van der Waals surface area contributed by atoms with Gasteiger partial charge in [-0.15, -0.1) is 0 Å². The number of carbonyl (C=O) groups is 1. The van der Waals surface area contributed by atoms with Crippen molar-refractivity contribution in [2.45, 2.75) is 13.8 Å². The Morgan fingerprint density at radius 3 is 1.73 bits per heavy atom. The van der Waals surface area contributed by atoms with Crippen molar-refractivity contribution >= 4 is 33.1 Å². The summed E-state index contributed by atoms with van der Waals surface area (Å²) in [4.78, 5) is 29.0. The monoisotopic (exact) mass is 707 g/mol. The molecule has 15 heteroatoms. The molecule has 8 rings (SSSR count). The lowest BCUT2D eigenvalue weighted by Gasteiger charge is -2.04. The van der Waals surface area contributed by atoms with E-state index in [0.717, 1.165) is 55.3 Å². The minimum atomic E-state index is -0.544. The van der Waals surface area contributed by atoms with E-state index in [9.17, 15) is 4.79 Å². The van der Waals surface area contributed by atoms with E-state index in [1.54, 1.807) is 35.3 Å². The van der Waals surface area contributed by atoms with Crippen LogP contribution in [0.15, 0.2) is 111 Å². The number of hydrogen-bond acceptors (Lipinski definition) is 11. The van der Waals surface area contributed by atoms with Crippen LogP contribution in [0.25, 0.3) is 56.5 Å². The quantitative estimate of drug-likeness (QED) is 0.129. The van der Waals surface area contributed by atoms with Gasteiger partial charge in [-0.1, -0.05) is 22.4 Å². The summed E-state index contributed by atoms with van der Waals surface area (Å²) in [6, 6.07) is 19.2. The zero-order valence-electron chi connectivity index (χ0n) is 25.4. The highest BCUT2D eigenvalue weighted by molar-refractivity contribution is 9.10. The van der Waals surface area contributed by atoms with Gasteiger partial charge in [0.2, 0.25) is 0 Å². The molecule has 48 heavy (non-hydrogen) atoms. The van der Waals surface area contributed by atoms with Gasteiger partial charge in [-0.3, -0.25) is 34.1 Å². The molecule has 0 aliphatic rings. The van der Waals surface area contributed by atoms with Crippen molar-refractivity contribution in [3.8, 4) is 45.2 Å². The van der Waals surface area contributed by atoms with Gasteiger partial charge in [0, 0.05) is 34.9 Å². The molecule has 0 atom stereocenters. The first-order valence-corrected chi connectivity index (χ1v) is 15.0. The molecule has 0 aliphatic carbocycles. The second-order valence-electron chi connectivity index (χ2n) is 10.3. The smallest absolute Gasteiger partial charge is 0.267 e. The summed E-state index contributed by atoms with van der Waals surface area (Å²) in [7, 11) is 0. The van der Waals surface area contributed by atoms with Crippen LogP contribution in [0.4, 0.5) is 0 Å². The number of nitrogens with two attached hydrogens (primary N) is 1. The van der Waals surface area contributed by atoms with Crippen LogP contribution in [0.3, 0.4) is 0 Å². The first-order valence-electron chi connectivity index (χ1n) is 14.2. The Morgan fingerprint density at radius 2 is 1.21 bits per heavy atom. The van der Waals surface area contributed by atoms with Crippen LogP contribution in [-0.4, -0.2) is 55.5 Å². The fraction of sp³-hybridized carbons (Fsp3) is 0.0606. The molecule has 0 aliphatic heterocycles. The molecule has 4 N–H and O–H groups in total. The van der Waals surface area contributed by atoms with Gasteiger partial charge in [0.05, 0.1) is 47.3 Å². The van der Waals surface area contributed by atoms with E-state index in [2.05, 4.69) is 46.2 Å². The highest BCUT2D eigenvalue weighted by atomic mass is 79.9. The van der Waals surface area contributed by atoms with E-state index in [1.165, 1.54) is 6.20 Å². The minimum Gasteiger partial charge on any atom is -0.364 e. The number of hydrogen-bond donors (Lipinski definition) is 3. The van der Waals surface area contributed by atoms with E-state index in [1.807, 2.05) is 79.0 Å². The first kappa shape index (κ1) is 31.9. The molecular formula is C33H26BrN9O5. The van der Waals surface area contributed by atoms with Gasteiger partial charge in [0.1, 0.15) is 21.6 Å². The standard InChI is InChI=1S/C17H13N5O2.C16H11BrN4O.H2O2/c1-10-3-2-4-13(21-10)12-7-20-24-16(12)11-5-6-15-19-8-14(17(18)23)22(15)9-11;1-10-3-2-4-13(20-10)12-7-19-22-16(12)11-5-6-15-18-8-14(17)21(15)9-11;1-2/h2-9H,1H3,(H2,18,23);2-9H,1H3;1-2H. The van der Waals surface area contributed by atoms with Gasteiger partial charge in [-0.05, 0) is 78.3 Å². The predicted molar refractivity (Wildman–Crippen MR) is 179 cm³/mol. The van der Waals surface area contributed by atoms with Crippen LogP contribution < -0.4 is 5.73 Å². The normalized spacial score (nSPS) is 10.8. The third kappa shape index (κ3) is 6.32. The molecule has 1 amide bonds. The van der Waals surface area contributed by atoms with Crippen LogP contribution in [0.1, 0.15) is 21.9 Å². The third-order valence-corrected chi connectivity index (χ3v) is 7.80. The molecule has 14 nitrogen and oxygen atoms in total. The van der Waals surface area contributed by atoms with E-state index in [-0.39, 0.29) is 0 Å². The Labute approximate surface area is 280 Å². The van der Waals surface area contributed by atoms with Gasteiger partial charge in [0.25, 0.3) is 5.91 Å². The van der Waals surface area contributed by atoms with Gasteiger partial charge in [-0.2, -0.15) is 0 Å². The van der Waals surface area contributed by atoms with E-state index >= 15 is 0 Å². The molecule has 0 bridgehead atoms. The number of aryl methyl sites for hydroxylation is 2. The Bertz CT molecular complexity index is 2380. The third-order valence-electron chi connectivity index (χ3n) is 7.21. The molecule has 8 heterocycles. The molecule has 0 aromatic carbocycles. The molecule has 0 radical (unpaired) electrons. The van der Waals surface area contributed by atoms with Crippen LogP contribution in [0.5, 0.6) is 0 Å². The van der Waals surface area contributed by atoms with Crippen LogP contribution in [0, 0.1) is 13.8 Å². The molecule has 0 fully saturated rings. The van der Waals surface area contributed by atoms with Gasteiger partial charge in [0.15, 0.2) is 11.5 Å². The van der Waals surface area contributed by atoms with E-state index in [4.69, 9.17) is 25.3 Å². The second kappa shape index (κ2) is 13.8. The highest BCUT2D eigenvalue weighted by Crippen LogP contribution is 2.33. The van der Waals surface area contributed by atoms with E-state index in [0.29, 0.717) is 22.9 Å². The fourth-order valence-electron chi connectivity index (χ4n) is 5.03. The number of amides is 1. The number of fused-ring (bicyclic) bond motifs is 2.